The molecular weight excluding hydrogens is 396 g/mol. The number of ether oxygens (including phenoxy) is 2. The maximum Gasteiger partial charge on any atom is 0.193 e. The van der Waals surface area contributed by atoms with Crippen LogP contribution in [-0.4, -0.2) is 47.1 Å². The fourth-order valence-electron chi connectivity index (χ4n) is 7.83. The average molecular weight is 429 g/mol. The Kier molecular flexibility index (Phi) is 4.75. The van der Waals surface area contributed by atoms with Gasteiger partial charge in [-0.05, 0) is 49.7 Å². The fourth-order valence-corrected chi connectivity index (χ4v) is 7.83. The van der Waals surface area contributed by atoms with Crippen LogP contribution in [0.25, 0.3) is 0 Å². The molecule has 1 aliphatic heterocycles. The number of aliphatic hydroxyl groups is 1. The molecule has 0 aromatic rings. The van der Waals surface area contributed by atoms with Crippen LogP contribution in [0.1, 0.15) is 59.3 Å². The SMILES string of the molecule is CCC[C@@H]1O[C@@H]2C[C@H]3[C@@H]4CCC5=CC(=O)C=C[C@]5(C)[C@H]4C(=O)C[C@]3(C)[C@]2(C(=O)CO)O1. The first kappa shape index (κ1) is 21.2. The number of hydrogen-bond donors (Lipinski definition) is 1. The highest BCUT2D eigenvalue weighted by molar-refractivity contribution is 6.02. The molecule has 0 bridgehead atoms. The molecule has 168 valence electrons. The zero-order valence-corrected chi connectivity index (χ0v) is 18.6. The Morgan fingerprint density at radius 1 is 1.29 bits per heavy atom. The average Bonchev–Trinajstić information content (AvgIpc) is 3.20. The van der Waals surface area contributed by atoms with Crippen molar-refractivity contribution < 1.29 is 29.0 Å². The van der Waals surface area contributed by atoms with Gasteiger partial charge in [-0.1, -0.05) is 38.8 Å². The van der Waals surface area contributed by atoms with Crippen molar-refractivity contribution >= 4 is 17.3 Å². The molecule has 0 aromatic carbocycles. The normalized spacial score (nSPS) is 48.0. The van der Waals surface area contributed by atoms with Crippen molar-refractivity contribution in [3.8, 4) is 0 Å². The van der Waals surface area contributed by atoms with Gasteiger partial charge >= 0.3 is 0 Å². The minimum absolute atomic E-state index is 0.00863. The predicted molar refractivity (Wildman–Crippen MR) is 112 cm³/mol. The highest BCUT2D eigenvalue weighted by Crippen LogP contribution is 2.68. The molecule has 1 heterocycles. The second-order valence-electron chi connectivity index (χ2n) is 10.5. The number of Topliss-reactive ketones (excluding diaryl/α,β-unsaturated/α-hetero) is 2. The smallest absolute Gasteiger partial charge is 0.193 e. The van der Waals surface area contributed by atoms with Crippen molar-refractivity contribution in [2.75, 3.05) is 6.61 Å². The van der Waals surface area contributed by atoms with E-state index in [2.05, 4.69) is 6.92 Å². The Morgan fingerprint density at radius 3 is 2.77 bits per heavy atom. The summed E-state index contributed by atoms with van der Waals surface area (Å²) in [6.07, 6.45) is 8.35. The number of hydrogen-bond acceptors (Lipinski definition) is 6. The van der Waals surface area contributed by atoms with Crippen molar-refractivity contribution in [3.63, 3.8) is 0 Å². The molecule has 5 rings (SSSR count). The minimum Gasteiger partial charge on any atom is -0.388 e. The van der Waals surface area contributed by atoms with Crippen molar-refractivity contribution in [2.24, 2.45) is 28.6 Å². The fraction of sp³-hybridized carbons (Fsp3) is 0.720. The Labute approximate surface area is 183 Å². The zero-order valence-electron chi connectivity index (χ0n) is 18.6. The third-order valence-electron chi connectivity index (χ3n) is 9.13. The molecule has 0 radical (unpaired) electrons. The predicted octanol–water partition coefficient (Wildman–Crippen LogP) is 2.93. The molecular formula is C25H32O6. The highest BCUT2D eigenvalue weighted by atomic mass is 16.7. The van der Waals surface area contributed by atoms with Gasteiger partial charge < -0.3 is 14.6 Å². The van der Waals surface area contributed by atoms with E-state index in [-0.39, 0.29) is 41.5 Å². The van der Waals surface area contributed by atoms with Crippen LogP contribution in [0, 0.1) is 28.6 Å². The van der Waals surface area contributed by atoms with Gasteiger partial charge in [0.2, 0.25) is 0 Å². The Balaban J connectivity index is 1.56. The second kappa shape index (κ2) is 6.93. The van der Waals surface area contributed by atoms with Crippen molar-refractivity contribution in [2.45, 2.75) is 77.3 Å². The van der Waals surface area contributed by atoms with Crippen LogP contribution in [0.15, 0.2) is 23.8 Å². The summed E-state index contributed by atoms with van der Waals surface area (Å²) in [4.78, 5) is 38.9. The lowest BCUT2D eigenvalue weighted by Gasteiger charge is -2.57. The number of rotatable bonds is 4. The van der Waals surface area contributed by atoms with E-state index in [0.29, 0.717) is 12.8 Å². The van der Waals surface area contributed by atoms with Gasteiger partial charge in [-0.3, -0.25) is 14.4 Å². The lowest BCUT2D eigenvalue weighted by atomic mass is 9.46. The van der Waals surface area contributed by atoms with Crippen molar-refractivity contribution in [1.29, 1.82) is 0 Å². The molecule has 0 spiro atoms. The van der Waals surface area contributed by atoms with Crippen molar-refractivity contribution in [1.82, 2.24) is 0 Å². The van der Waals surface area contributed by atoms with Gasteiger partial charge in [0, 0.05) is 23.2 Å². The first-order valence-corrected chi connectivity index (χ1v) is 11.7. The summed E-state index contributed by atoms with van der Waals surface area (Å²) in [5.41, 5.74) is -1.37. The summed E-state index contributed by atoms with van der Waals surface area (Å²) in [6, 6.07) is 0. The van der Waals surface area contributed by atoms with E-state index in [9.17, 15) is 19.5 Å². The molecule has 0 aromatic heterocycles. The summed E-state index contributed by atoms with van der Waals surface area (Å²) < 4.78 is 12.6. The molecule has 4 aliphatic carbocycles. The van der Waals surface area contributed by atoms with Crippen LogP contribution >= 0.6 is 0 Å². The topological polar surface area (TPSA) is 89.9 Å². The molecule has 5 aliphatic rings. The molecule has 6 nitrogen and oxygen atoms in total. The minimum atomic E-state index is -1.26. The second-order valence-corrected chi connectivity index (χ2v) is 10.5. The molecule has 8 atom stereocenters. The quantitative estimate of drug-likeness (QED) is 0.741. The van der Waals surface area contributed by atoms with E-state index in [0.717, 1.165) is 24.8 Å². The third-order valence-corrected chi connectivity index (χ3v) is 9.13. The van der Waals surface area contributed by atoms with Gasteiger partial charge in [-0.25, -0.2) is 0 Å². The monoisotopic (exact) mass is 428 g/mol. The van der Waals surface area contributed by atoms with E-state index in [1.807, 2.05) is 19.9 Å². The number of ketones is 3. The van der Waals surface area contributed by atoms with E-state index in [1.165, 1.54) is 0 Å². The van der Waals surface area contributed by atoms with Gasteiger partial charge in [0.05, 0.1) is 6.10 Å². The summed E-state index contributed by atoms with van der Waals surface area (Å²) in [7, 11) is 0. The molecule has 1 saturated heterocycles. The van der Waals surface area contributed by atoms with Crippen LogP contribution in [0.2, 0.25) is 0 Å². The Morgan fingerprint density at radius 2 is 2.06 bits per heavy atom. The number of fused-ring (bicyclic) bond motifs is 7. The lowest BCUT2D eigenvalue weighted by Crippen LogP contribution is -2.62. The van der Waals surface area contributed by atoms with Crippen LogP contribution in [0.5, 0.6) is 0 Å². The van der Waals surface area contributed by atoms with Gasteiger partial charge in [-0.15, -0.1) is 0 Å². The van der Waals surface area contributed by atoms with E-state index < -0.39 is 35.4 Å². The first-order chi connectivity index (χ1) is 14.7. The molecule has 6 heteroatoms. The Hall–Kier alpha value is -1.63. The zero-order chi connectivity index (χ0) is 22.2. The summed E-state index contributed by atoms with van der Waals surface area (Å²) in [6.45, 7) is 5.51. The highest BCUT2D eigenvalue weighted by Gasteiger charge is 2.75. The lowest BCUT2D eigenvalue weighted by molar-refractivity contribution is -0.187. The summed E-state index contributed by atoms with van der Waals surface area (Å²) in [5, 5.41) is 9.86. The number of carbonyl (C=O) groups is 3. The van der Waals surface area contributed by atoms with Crippen LogP contribution in [0.4, 0.5) is 0 Å². The van der Waals surface area contributed by atoms with Crippen LogP contribution in [0.3, 0.4) is 0 Å². The Bertz CT molecular complexity index is 904. The van der Waals surface area contributed by atoms with E-state index in [4.69, 9.17) is 9.47 Å². The standard InChI is InChI=1S/C25H32O6/c1-4-5-21-30-20-11-17-16-7-6-14-10-15(27)8-9-23(14,2)22(16)18(28)12-24(17,3)25(20,31-21)19(29)13-26/h8-10,16-17,20-22,26H,4-7,11-13H2,1-3H3/t16-,17-,20+,21+,22+,23-,24-,25+/m0/s1. The molecule has 0 unspecified atom stereocenters. The van der Waals surface area contributed by atoms with E-state index in [1.54, 1.807) is 12.2 Å². The number of carbonyl (C=O) groups excluding carboxylic acids is 3. The van der Waals surface area contributed by atoms with Crippen molar-refractivity contribution in [3.05, 3.63) is 23.8 Å². The number of allylic oxidation sites excluding steroid dienone is 4. The van der Waals surface area contributed by atoms with Crippen LogP contribution < -0.4 is 0 Å². The summed E-state index contributed by atoms with van der Waals surface area (Å²) in [5.74, 6) is -0.269. The van der Waals surface area contributed by atoms with Gasteiger partial charge in [0.15, 0.2) is 23.5 Å². The van der Waals surface area contributed by atoms with Crippen LogP contribution in [-0.2, 0) is 23.9 Å². The maximum absolute atomic E-state index is 13.8. The van der Waals surface area contributed by atoms with Gasteiger partial charge in [0.1, 0.15) is 12.4 Å². The molecule has 3 saturated carbocycles. The number of aliphatic hydroxyl groups excluding tert-OH is 1. The van der Waals surface area contributed by atoms with Gasteiger partial charge in [-0.2, -0.15) is 0 Å². The third kappa shape index (κ3) is 2.58. The molecule has 31 heavy (non-hydrogen) atoms. The molecule has 0 amide bonds. The largest absolute Gasteiger partial charge is 0.388 e. The molecule has 4 fully saturated rings. The first-order valence-electron chi connectivity index (χ1n) is 11.7. The maximum atomic E-state index is 13.8. The molecule has 1 N–H and O–H groups in total. The van der Waals surface area contributed by atoms with E-state index >= 15 is 0 Å². The summed E-state index contributed by atoms with van der Waals surface area (Å²) >= 11 is 0. The van der Waals surface area contributed by atoms with Gasteiger partial charge in [0.25, 0.3) is 0 Å².